The number of rotatable bonds is 10. The quantitative estimate of drug-likeness (QED) is 0.660. The fourth-order valence-electron chi connectivity index (χ4n) is 2.89. The third kappa shape index (κ3) is 6.56. The van der Waals surface area contributed by atoms with Gasteiger partial charge in [-0.2, -0.15) is 0 Å². The molecule has 0 radical (unpaired) electrons. The molecule has 0 aliphatic heterocycles. The summed E-state index contributed by atoms with van der Waals surface area (Å²) in [7, 11) is -1.92. The van der Waals surface area contributed by atoms with Crippen LogP contribution in [0, 0.1) is 0 Å². The molecule has 0 aliphatic rings. The summed E-state index contributed by atoms with van der Waals surface area (Å²) in [6.45, 7) is 2.84. The van der Waals surface area contributed by atoms with E-state index in [0.717, 1.165) is 6.26 Å². The molecule has 2 rings (SSSR count). The molecule has 1 N–H and O–H groups in total. The predicted octanol–water partition coefficient (Wildman–Crippen LogP) is 3.16. The van der Waals surface area contributed by atoms with E-state index in [2.05, 4.69) is 12.2 Å². The number of methoxy groups -OCH3 is 1. The molecule has 1 amide bonds. The molecule has 0 heterocycles. The number of benzene rings is 2. The van der Waals surface area contributed by atoms with Crippen LogP contribution in [0.5, 0.6) is 5.75 Å². The van der Waals surface area contributed by atoms with Gasteiger partial charge >= 0.3 is 0 Å². The second-order valence-corrected chi connectivity index (χ2v) is 8.66. The average molecular weight is 405 g/mol. The minimum absolute atomic E-state index is 0.0816. The first kappa shape index (κ1) is 21.8. The lowest BCUT2D eigenvalue weighted by Crippen LogP contribution is -2.32. The van der Waals surface area contributed by atoms with Gasteiger partial charge in [0, 0.05) is 25.6 Å². The number of nitrogens with zero attached hydrogens (tertiary/aromatic N) is 1. The van der Waals surface area contributed by atoms with E-state index in [-0.39, 0.29) is 24.8 Å². The average Bonchev–Trinajstić information content (AvgIpc) is 2.69. The van der Waals surface area contributed by atoms with Crippen LogP contribution < -0.4 is 14.4 Å². The molecular weight excluding hydrogens is 376 g/mol. The van der Waals surface area contributed by atoms with Gasteiger partial charge in [0.15, 0.2) is 0 Å². The molecule has 152 valence electrons. The van der Waals surface area contributed by atoms with Crippen molar-refractivity contribution in [3.8, 4) is 5.75 Å². The minimum Gasteiger partial charge on any atom is -0.497 e. The van der Waals surface area contributed by atoms with Crippen molar-refractivity contribution < 1.29 is 17.9 Å². The third-order valence-corrected chi connectivity index (χ3v) is 5.67. The molecule has 6 nitrogen and oxygen atoms in total. The van der Waals surface area contributed by atoms with Crippen LogP contribution >= 0.6 is 0 Å². The summed E-state index contributed by atoms with van der Waals surface area (Å²) in [4.78, 5) is 12.1. The van der Waals surface area contributed by atoms with Crippen molar-refractivity contribution in [2.75, 3.05) is 30.8 Å². The zero-order valence-corrected chi connectivity index (χ0v) is 17.4. The molecule has 2 aromatic carbocycles. The molecule has 0 fully saturated rings. The molecule has 0 unspecified atom stereocenters. The van der Waals surface area contributed by atoms with Crippen LogP contribution in [0.1, 0.15) is 31.2 Å². The number of ether oxygens (including phenoxy) is 1. The second kappa shape index (κ2) is 10.1. The highest BCUT2D eigenvalue weighted by atomic mass is 32.2. The molecule has 0 saturated heterocycles. The summed E-state index contributed by atoms with van der Waals surface area (Å²) < 4.78 is 30.8. The van der Waals surface area contributed by atoms with Gasteiger partial charge in [-0.1, -0.05) is 43.3 Å². The summed E-state index contributed by atoms with van der Waals surface area (Å²) in [5.74, 6) is 0.718. The first-order valence-electron chi connectivity index (χ1n) is 9.24. The van der Waals surface area contributed by atoms with Crippen LogP contribution in [0.15, 0.2) is 54.6 Å². The molecular formula is C21H28N2O4S. The lowest BCUT2D eigenvalue weighted by atomic mass is 10.0. The zero-order chi connectivity index (χ0) is 20.6. The summed E-state index contributed by atoms with van der Waals surface area (Å²) in [5.41, 5.74) is 1.70. The molecule has 28 heavy (non-hydrogen) atoms. The smallest absolute Gasteiger partial charge is 0.232 e. The monoisotopic (exact) mass is 404 g/mol. The van der Waals surface area contributed by atoms with Crippen LogP contribution in [-0.4, -0.2) is 40.8 Å². The van der Waals surface area contributed by atoms with Crippen LogP contribution in [-0.2, 0) is 14.8 Å². The summed E-state index contributed by atoms with van der Waals surface area (Å²) in [5, 5.41) is 2.92. The Morgan fingerprint density at radius 2 is 1.86 bits per heavy atom. The number of sulfonamides is 1. The third-order valence-electron chi connectivity index (χ3n) is 4.48. The fourth-order valence-corrected chi connectivity index (χ4v) is 3.85. The molecule has 0 saturated carbocycles. The largest absolute Gasteiger partial charge is 0.497 e. The van der Waals surface area contributed by atoms with Crippen molar-refractivity contribution in [3.05, 3.63) is 60.2 Å². The zero-order valence-electron chi connectivity index (χ0n) is 16.6. The topological polar surface area (TPSA) is 75.7 Å². The molecule has 0 aromatic heterocycles. The number of anilines is 1. The van der Waals surface area contributed by atoms with Crippen molar-refractivity contribution in [1.29, 1.82) is 0 Å². The highest BCUT2D eigenvalue weighted by molar-refractivity contribution is 7.92. The highest BCUT2D eigenvalue weighted by Gasteiger charge is 2.18. The van der Waals surface area contributed by atoms with Crippen molar-refractivity contribution in [1.82, 2.24) is 5.32 Å². The number of carbonyl (C=O) groups is 1. The van der Waals surface area contributed by atoms with E-state index < -0.39 is 10.0 Å². The van der Waals surface area contributed by atoms with Gasteiger partial charge in [-0.05, 0) is 30.0 Å². The normalized spacial score (nSPS) is 12.2. The maximum Gasteiger partial charge on any atom is 0.232 e. The molecule has 7 heteroatoms. The van der Waals surface area contributed by atoms with Gasteiger partial charge in [0.1, 0.15) is 5.75 Å². The molecule has 2 aromatic rings. The van der Waals surface area contributed by atoms with E-state index in [9.17, 15) is 13.2 Å². The molecule has 1 atom stereocenters. The number of amides is 1. The Kier molecular flexibility index (Phi) is 7.87. The Morgan fingerprint density at radius 1 is 1.14 bits per heavy atom. The van der Waals surface area contributed by atoms with E-state index in [0.29, 0.717) is 24.4 Å². The van der Waals surface area contributed by atoms with E-state index in [4.69, 9.17) is 4.74 Å². The Bertz CT molecular complexity index is 869. The number of hydrogen-bond acceptors (Lipinski definition) is 4. The van der Waals surface area contributed by atoms with E-state index >= 15 is 0 Å². The first-order chi connectivity index (χ1) is 13.3. The predicted molar refractivity (Wildman–Crippen MR) is 112 cm³/mol. The molecule has 0 bridgehead atoms. The SMILES string of the molecule is COc1cccc(N(CCCC(=O)NC[C@@H](C)c2ccccc2)S(C)(=O)=O)c1. The van der Waals surface area contributed by atoms with Gasteiger partial charge in [0.05, 0.1) is 19.1 Å². The first-order valence-corrected chi connectivity index (χ1v) is 11.1. The standard InChI is InChI=1S/C21H28N2O4S/c1-17(18-9-5-4-6-10-18)16-22-21(24)13-8-14-23(28(3,25)26)19-11-7-12-20(15-19)27-2/h4-7,9-12,15,17H,8,13-14,16H2,1-3H3,(H,22,24)/t17-/m1/s1. The van der Waals surface area contributed by atoms with Crippen LogP contribution in [0.25, 0.3) is 0 Å². The Morgan fingerprint density at radius 3 is 2.50 bits per heavy atom. The number of carbonyl (C=O) groups excluding carboxylic acids is 1. The number of nitrogens with one attached hydrogen (secondary N) is 1. The van der Waals surface area contributed by atoms with Gasteiger partial charge in [-0.15, -0.1) is 0 Å². The van der Waals surface area contributed by atoms with Gasteiger partial charge in [0.2, 0.25) is 15.9 Å². The molecule has 0 aliphatic carbocycles. The van der Waals surface area contributed by atoms with Gasteiger partial charge in [0.25, 0.3) is 0 Å². The summed E-state index contributed by atoms with van der Waals surface area (Å²) in [6, 6.07) is 16.9. The molecule has 0 spiro atoms. The summed E-state index contributed by atoms with van der Waals surface area (Å²) >= 11 is 0. The van der Waals surface area contributed by atoms with Crippen LogP contribution in [0.2, 0.25) is 0 Å². The van der Waals surface area contributed by atoms with E-state index in [1.54, 1.807) is 24.3 Å². The Hall–Kier alpha value is -2.54. The lowest BCUT2D eigenvalue weighted by Gasteiger charge is -2.22. The van der Waals surface area contributed by atoms with Gasteiger partial charge < -0.3 is 10.1 Å². The maximum atomic E-state index is 12.2. The Balaban J connectivity index is 1.87. The van der Waals surface area contributed by atoms with Crippen molar-refractivity contribution in [2.45, 2.75) is 25.7 Å². The van der Waals surface area contributed by atoms with Gasteiger partial charge in [-0.25, -0.2) is 8.42 Å². The highest BCUT2D eigenvalue weighted by Crippen LogP contribution is 2.23. The summed E-state index contributed by atoms with van der Waals surface area (Å²) in [6.07, 6.45) is 1.85. The van der Waals surface area contributed by atoms with E-state index in [1.165, 1.54) is 17.0 Å². The fraction of sp³-hybridized carbons (Fsp3) is 0.381. The second-order valence-electron chi connectivity index (χ2n) is 6.76. The van der Waals surface area contributed by atoms with Crippen LogP contribution in [0.3, 0.4) is 0 Å². The van der Waals surface area contributed by atoms with Gasteiger partial charge in [-0.3, -0.25) is 9.10 Å². The van der Waals surface area contributed by atoms with E-state index in [1.807, 2.05) is 30.3 Å². The van der Waals surface area contributed by atoms with Crippen molar-refractivity contribution in [3.63, 3.8) is 0 Å². The lowest BCUT2D eigenvalue weighted by molar-refractivity contribution is -0.121. The van der Waals surface area contributed by atoms with Crippen molar-refractivity contribution in [2.24, 2.45) is 0 Å². The van der Waals surface area contributed by atoms with Crippen molar-refractivity contribution >= 4 is 21.6 Å². The maximum absolute atomic E-state index is 12.2. The minimum atomic E-state index is -3.46. The Labute approximate surface area is 167 Å². The number of hydrogen-bond donors (Lipinski definition) is 1. The van der Waals surface area contributed by atoms with Crippen LogP contribution in [0.4, 0.5) is 5.69 Å².